The van der Waals surface area contributed by atoms with Crippen LogP contribution < -0.4 is 4.72 Å². The number of benzene rings is 1. The molecule has 1 fully saturated rings. The molecule has 1 aromatic carbocycles. The van der Waals surface area contributed by atoms with Gasteiger partial charge in [0, 0.05) is 0 Å². The summed E-state index contributed by atoms with van der Waals surface area (Å²) in [6.07, 6.45) is 4.19. The standard InChI is InChI=1S/C15H18FNO3S/c16-15-11-13(9-8-12(15)5-4-10-18)17-21(19,20)14-6-2-1-3-7-14/h8-9,11,14,17-18H,1-3,6-7,10H2. The molecule has 0 radical (unpaired) electrons. The molecule has 4 nitrogen and oxygen atoms in total. The van der Waals surface area contributed by atoms with Crippen LogP contribution in [0.25, 0.3) is 0 Å². The lowest BCUT2D eigenvalue weighted by atomic mass is 10.0. The largest absolute Gasteiger partial charge is 0.384 e. The molecule has 2 N–H and O–H groups in total. The first-order chi connectivity index (χ1) is 10.0. The van der Waals surface area contributed by atoms with Gasteiger partial charge < -0.3 is 5.11 Å². The Morgan fingerprint density at radius 2 is 2.00 bits per heavy atom. The highest BCUT2D eigenvalue weighted by Gasteiger charge is 2.27. The highest BCUT2D eigenvalue weighted by atomic mass is 32.2. The van der Waals surface area contributed by atoms with Crippen molar-refractivity contribution < 1.29 is 17.9 Å². The number of hydrogen-bond donors (Lipinski definition) is 2. The molecule has 2 rings (SSSR count). The van der Waals surface area contributed by atoms with Gasteiger partial charge in [-0.1, -0.05) is 31.1 Å². The van der Waals surface area contributed by atoms with E-state index >= 15 is 0 Å². The number of anilines is 1. The summed E-state index contributed by atoms with van der Waals surface area (Å²) in [5.41, 5.74) is 0.331. The average molecular weight is 311 g/mol. The third-order valence-corrected chi connectivity index (χ3v) is 5.39. The van der Waals surface area contributed by atoms with Crippen molar-refractivity contribution in [3.63, 3.8) is 0 Å². The van der Waals surface area contributed by atoms with Crippen molar-refractivity contribution in [1.29, 1.82) is 0 Å². The Hall–Kier alpha value is -1.58. The lowest BCUT2D eigenvalue weighted by Gasteiger charge is -2.22. The topological polar surface area (TPSA) is 66.4 Å². The van der Waals surface area contributed by atoms with Gasteiger partial charge in [-0.25, -0.2) is 12.8 Å². The molecule has 1 aliphatic carbocycles. The van der Waals surface area contributed by atoms with Crippen LogP contribution in [0.1, 0.15) is 37.7 Å². The zero-order valence-corrected chi connectivity index (χ0v) is 12.4. The second kappa shape index (κ2) is 6.92. The normalized spacial score (nSPS) is 16.1. The van der Waals surface area contributed by atoms with E-state index in [9.17, 15) is 12.8 Å². The van der Waals surface area contributed by atoms with Gasteiger partial charge in [-0.05, 0) is 31.0 Å². The summed E-state index contributed by atoms with van der Waals surface area (Å²) >= 11 is 0. The van der Waals surface area contributed by atoms with Gasteiger partial charge in [0.15, 0.2) is 0 Å². The second-order valence-corrected chi connectivity index (χ2v) is 7.02. The van der Waals surface area contributed by atoms with Crippen LogP contribution in [0, 0.1) is 17.7 Å². The van der Waals surface area contributed by atoms with Crippen LogP contribution >= 0.6 is 0 Å². The maximum Gasteiger partial charge on any atom is 0.235 e. The van der Waals surface area contributed by atoms with E-state index in [4.69, 9.17) is 5.11 Å². The zero-order chi connectivity index (χ0) is 15.3. The van der Waals surface area contributed by atoms with E-state index in [0.717, 1.165) is 25.3 Å². The molecule has 0 atom stereocenters. The van der Waals surface area contributed by atoms with E-state index in [1.54, 1.807) is 0 Å². The van der Waals surface area contributed by atoms with Crippen LogP contribution in [0.2, 0.25) is 0 Å². The smallest absolute Gasteiger partial charge is 0.235 e. The first kappa shape index (κ1) is 15.8. The number of aliphatic hydroxyl groups excluding tert-OH is 1. The molecule has 0 aliphatic heterocycles. The summed E-state index contributed by atoms with van der Waals surface area (Å²) in [6, 6.07) is 3.99. The van der Waals surface area contributed by atoms with E-state index in [2.05, 4.69) is 16.6 Å². The first-order valence-electron chi connectivity index (χ1n) is 6.94. The Morgan fingerprint density at radius 1 is 1.29 bits per heavy atom. The van der Waals surface area contributed by atoms with Crippen molar-refractivity contribution in [2.24, 2.45) is 0 Å². The maximum atomic E-state index is 13.8. The number of aliphatic hydroxyl groups is 1. The highest BCUT2D eigenvalue weighted by Crippen LogP contribution is 2.25. The molecular formula is C15H18FNO3S. The molecule has 6 heteroatoms. The molecular weight excluding hydrogens is 293 g/mol. The van der Waals surface area contributed by atoms with Crippen molar-refractivity contribution in [3.8, 4) is 11.8 Å². The molecule has 0 unspecified atom stereocenters. The van der Waals surface area contributed by atoms with E-state index in [1.165, 1.54) is 12.1 Å². The summed E-state index contributed by atoms with van der Waals surface area (Å²) < 4.78 is 40.7. The number of hydrogen-bond acceptors (Lipinski definition) is 3. The van der Waals surface area contributed by atoms with Gasteiger partial charge in [-0.3, -0.25) is 4.72 Å². The predicted octanol–water partition coefficient (Wildman–Crippen LogP) is 2.24. The summed E-state index contributed by atoms with van der Waals surface area (Å²) in [7, 11) is -3.48. The van der Waals surface area contributed by atoms with E-state index in [-0.39, 0.29) is 17.9 Å². The van der Waals surface area contributed by atoms with Crippen LogP contribution in [0.3, 0.4) is 0 Å². The van der Waals surface area contributed by atoms with Gasteiger partial charge in [-0.2, -0.15) is 0 Å². The highest BCUT2D eigenvalue weighted by molar-refractivity contribution is 7.93. The minimum absolute atomic E-state index is 0.129. The first-order valence-corrected chi connectivity index (χ1v) is 8.48. The van der Waals surface area contributed by atoms with E-state index in [1.807, 2.05) is 0 Å². The van der Waals surface area contributed by atoms with Crippen molar-refractivity contribution in [2.75, 3.05) is 11.3 Å². The monoisotopic (exact) mass is 311 g/mol. The maximum absolute atomic E-state index is 13.8. The van der Waals surface area contributed by atoms with Gasteiger partial charge in [0.1, 0.15) is 12.4 Å². The fourth-order valence-corrected chi connectivity index (χ4v) is 4.01. The Morgan fingerprint density at radius 3 is 2.62 bits per heavy atom. The summed E-state index contributed by atoms with van der Waals surface area (Å²) in [5.74, 6) is 4.20. The van der Waals surface area contributed by atoms with Crippen LogP contribution in [-0.4, -0.2) is 25.4 Å². The van der Waals surface area contributed by atoms with Crippen LogP contribution in [0.5, 0.6) is 0 Å². The molecule has 21 heavy (non-hydrogen) atoms. The lowest BCUT2D eigenvalue weighted by Crippen LogP contribution is -2.29. The van der Waals surface area contributed by atoms with Gasteiger partial charge in [-0.15, -0.1) is 0 Å². The van der Waals surface area contributed by atoms with Gasteiger partial charge in [0.2, 0.25) is 10.0 Å². The van der Waals surface area contributed by atoms with Gasteiger partial charge >= 0.3 is 0 Å². The predicted molar refractivity (Wildman–Crippen MR) is 79.8 cm³/mol. The molecule has 0 bridgehead atoms. The Bertz CT molecular complexity index is 655. The summed E-state index contributed by atoms with van der Waals surface area (Å²) in [6.45, 7) is -0.352. The summed E-state index contributed by atoms with van der Waals surface area (Å²) in [5, 5.41) is 8.18. The minimum atomic E-state index is -3.48. The van der Waals surface area contributed by atoms with E-state index < -0.39 is 21.1 Å². The number of rotatable bonds is 3. The quantitative estimate of drug-likeness (QED) is 0.841. The van der Waals surface area contributed by atoms with Gasteiger partial charge in [0.25, 0.3) is 0 Å². The minimum Gasteiger partial charge on any atom is -0.384 e. The van der Waals surface area contributed by atoms with E-state index in [0.29, 0.717) is 12.8 Å². The lowest BCUT2D eigenvalue weighted by molar-refractivity contribution is 0.350. The van der Waals surface area contributed by atoms with Crippen molar-refractivity contribution in [3.05, 3.63) is 29.6 Å². The zero-order valence-electron chi connectivity index (χ0n) is 11.6. The fraction of sp³-hybridized carbons (Fsp3) is 0.467. The Labute approximate surface area is 124 Å². The molecule has 1 aromatic rings. The molecule has 0 amide bonds. The molecule has 0 spiro atoms. The SMILES string of the molecule is O=S(=O)(Nc1ccc(C#CCO)c(F)c1)C1CCCCC1. The average Bonchev–Trinajstić information content (AvgIpc) is 2.47. The molecule has 0 heterocycles. The van der Waals surface area contributed by atoms with Crippen molar-refractivity contribution >= 4 is 15.7 Å². The van der Waals surface area contributed by atoms with Crippen molar-refractivity contribution in [2.45, 2.75) is 37.4 Å². The third-order valence-electron chi connectivity index (χ3n) is 3.52. The summed E-state index contributed by atoms with van der Waals surface area (Å²) in [4.78, 5) is 0. The van der Waals surface area contributed by atoms with Crippen LogP contribution in [0.15, 0.2) is 18.2 Å². The molecule has 114 valence electrons. The van der Waals surface area contributed by atoms with Crippen molar-refractivity contribution in [1.82, 2.24) is 0 Å². The molecule has 0 aromatic heterocycles. The number of halogens is 1. The van der Waals surface area contributed by atoms with Crippen LogP contribution in [-0.2, 0) is 10.0 Å². The molecule has 1 saturated carbocycles. The number of nitrogens with one attached hydrogen (secondary N) is 1. The number of sulfonamides is 1. The molecule has 0 saturated heterocycles. The second-order valence-electron chi connectivity index (χ2n) is 5.06. The molecule has 1 aliphatic rings. The van der Waals surface area contributed by atoms with Gasteiger partial charge in [0.05, 0.1) is 16.5 Å². The Kier molecular flexibility index (Phi) is 5.21. The fourth-order valence-electron chi connectivity index (χ4n) is 2.44. The van der Waals surface area contributed by atoms with Crippen LogP contribution in [0.4, 0.5) is 10.1 Å². The third kappa shape index (κ3) is 4.19. The Balaban J connectivity index is 2.14.